The van der Waals surface area contributed by atoms with Gasteiger partial charge in [0.1, 0.15) is 9.39 Å². The molecule has 0 radical (unpaired) electrons. The van der Waals surface area contributed by atoms with E-state index in [1.54, 1.807) is 0 Å². The molecule has 0 spiro atoms. The fraction of sp³-hybridized carbons (Fsp3) is 0.667. The van der Waals surface area contributed by atoms with E-state index in [1.165, 1.54) is 6.33 Å². The number of anilines is 1. The van der Waals surface area contributed by atoms with Crippen molar-refractivity contribution >= 4 is 28.4 Å². The second kappa shape index (κ2) is 6.98. The lowest BCUT2D eigenvalue weighted by Crippen LogP contribution is -2.36. The normalized spacial score (nSPS) is 12.5. The average molecular weight is 349 g/mol. The summed E-state index contributed by atoms with van der Waals surface area (Å²) in [5.41, 5.74) is -0.0552. The third kappa shape index (κ3) is 3.69. The van der Waals surface area contributed by atoms with Crippen LogP contribution < -0.4 is 10.5 Å². The summed E-state index contributed by atoms with van der Waals surface area (Å²) in [4.78, 5) is 20.8. The van der Waals surface area contributed by atoms with E-state index in [9.17, 15) is 4.79 Å². The van der Waals surface area contributed by atoms with Crippen molar-refractivity contribution in [3.05, 3.63) is 20.3 Å². The molecule has 0 saturated heterocycles. The summed E-state index contributed by atoms with van der Waals surface area (Å²) >= 11 is 2.07. The second-order valence-corrected chi connectivity index (χ2v) is 5.25. The number of H-pyrrole nitrogens is 1. The van der Waals surface area contributed by atoms with Crippen LogP contribution in [0.1, 0.15) is 40.0 Å². The summed E-state index contributed by atoms with van der Waals surface area (Å²) in [6, 6.07) is 0.407. The van der Waals surface area contributed by atoms with E-state index in [-0.39, 0.29) is 5.56 Å². The molecule has 1 heterocycles. The summed E-state index contributed by atoms with van der Waals surface area (Å²) in [7, 11) is 0. The van der Waals surface area contributed by atoms with Crippen LogP contribution in [0.4, 0.5) is 5.82 Å². The molecule has 0 amide bonds. The highest BCUT2D eigenvalue weighted by molar-refractivity contribution is 14.1. The van der Waals surface area contributed by atoms with Crippen molar-refractivity contribution in [2.24, 2.45) is 0 Å². The van der Waals surface area contributed by atoms with Gasteiger partial charge in [-0.05, 0) is 42.4 Å². The van der Waals surface area contributed by atoms with Crippen molar-refractivity contribution in [2.45, 2.75) is 46.1 Å². The molecule has 0 aliphatic heterocycles. The molecule has 0 saturated carbocycles. The fourth-order valence-electron chi connectivity index (χ4n) is 1.66. The standard InChI is InChI=1S/C12H20IN3O/c1-4-6-7-16(9(3)5-2)11-10(13)12(17)15-8-14-11/h8-9H,4-7H2,1-3H3,(H,14,15,17). The monoisotopic (exact) mass is 349 g/mol. The van der Waals surface area contributed by atoms with Gasteiger partial charge in [0.05, 0.1) is 6.33 Å². The van der Waals surface area contributed by atoms with Gasteiger partial charge in [-0.15, -0.1) is 0 Å². The SMILES string of the molecule is CCCCN(c1nc[nH]c(=O)c1I)C(C)CC. The van der Waals surface area contributed by atoms with Gasteiger partial charge in [0.25, 0.3) is 5.56 Å². The van der Waals surface area contributed by atoms with Crippen LogP contribution in [0.15, 0.2) is 11.1 Å². The molecule has 0 aliphatic carbocycles. The van der Waals surface area contributed by atoms with Crippen LogP contribution in [-0.2, 0) is 0 Å². The molecule has 0 fully saturated rings. The Bertz CT molecular complexity index is 405. The minimum Gasteiger partial charge on any atom is -0.353 e. The number of aromatic nitrogens is 2. The lowest BCUT2D eigenvalue weighted by atomic mass is 10.2. The van der Waals surface area contributed by atoms with Crippen molar-refractivity contribution in [3.63, 3.8) is 0 Å². The molecule has 1 atom stereocenters. The van der Waals surface area contributed by atoms with Gasteiger partial charge in [-0.25, -0.2) is 4.98 Å². The van der Waals surface area contributed by atoms with E-state index in [4.69, 9.17) is 0 Å². The first-order valence-corrected chi connectivity index (χ1v) is 7.19. The third-order valence-electron chi connectivity index (χ3n) is 2.93. The van der Waals surface area contributed by atoms with E-state index < -0.39 is 0 Å². The van der Waals surface area contributed by atoms with Crippen LogP contribution in [0.5, 0.6) is 0 Å². The molecule has 0 aromatic carbocycles. The van der Waals surface area contributed by atoms with Gasteiger partial charge < -0.3 is 9.88 Å². The lowest BCUT2D eigenvalue weighted by molar-refractivity contribution is 0.587. The average Bonchev–Trinajstić information content (AvgIpc) is 2.34. The summed E-state index contributed by atoms with van der Waals surface area (Å²) < 4.78 is 0.682. The van der Waals surface area contributed by atoms with Gasteiger partial charge in [-0.3, -0.25) is 4.79 Å². The molecule has 4 nitrogen and oxygen atoms in total. The topological polar surface area (TPSA) is 49.0 Å². The summed E-state index contributed by atoms with van der Waals surface area (Å²) in [6.07, 6.45) is 4.80. The maximum absolute atomic E-state index is 11.6. The van der Waals surface area contributed by atoms with Gasteiger partial charge in [0, 0.05) is 12.6 Å². The molecule has 0 bridgehead atoms. The number of nitrogens with zero attached hydrogens (tertiary/aromatic N) is 2. The van der Waals surface area contributed by atoms with Crippen LogP contribution in [0.2, 0.25) is 0 Å². The molecule has 1 unspecified atom stereocenters. The number of unbranched alkanes of at least 4 members (excludes halogenated alkanes) is 1. The highest BCUT2D eigenvalue weighted by Gasteiger charge is 2.17. The Morgan fingerprint density at radius 2 is 2.24 bits per heavy atom. The van der Waals surface area contributed by atoms with E-state index in [2.05, 4.69) is 58.2 Å². The Morgan fingerprint density at radius 3 is 2.82 bits per heavy atom. The number of halogens is 1. The lowest BCUT2D eigenvalue weighted by Gasteiger charge is -2.30. The smallest absolute Gasteiger partial charge is 0.266 e. The molecule has 5 heteroatoms. The van der Waals surface area contributed by atoms with Crippen LogP contribution in [0, 0.1) is 3.57 Å². The summed E-state index contributed by atoms with van der Waals surface area (Å²) in [6.45, 7) is 7.46. The van der Waals surface area contributed by atoms with E-state index in [1.807, 2.05) is 0 Å². The van der Waals surface area contributed by atoms with Gasteiger partial charge in [0.15, 0.2) is 0 Å². The van der Waals surface area contributed by atoms with E-state index >= 15 is 0 Å². The zero-order valence-electron chi connectivity index (χ0n) is 10.7. The van der Waals surface area contributed by atoms with Gasteiger partial charge >= 0.3 is 0 Å². The first kappa shape index (κ1) is 14.5. The molecule has 1 rings (SSSR count). The van der Waals surface area contributed by atoms with E-state index in [0.29, 0.717) is 9.61 Å². The van der Waals surface area contributed by atoms with Gasteiger partial charge in [-0.2, -0.15) is 0 Å². The van der Waals surface area contributed by atoms with Crippen LogP contribution in [0.3, 0.4) is 0 Å². The first-order valence-electron chi connectivity index (χ1n) is 6.11. The highest BCUT2D eigenvalue weighted by atomic mass is 127. The van der Waals surface area contributed by atoms with Crippen molar-refractivity contribution in [3.8, 4) is 0 Å². The first-order chi connectivity index (χ1) is 8.11. The Kier molecular flexibility index (Phi) is 5.94. The van der Waals surface area contributed by atoms with Gasteiger partial charge in [-0.1, -0.05) is 20.3 Å². The largest absolute Gasteiger partial charge is 0.353 e. The number of rotatable bonds is 6. The molecular weight excluding hydrogens is 329 g/mol. The predicted octanol–water partition coefficient (Wildman–Crippen LogP) is 2.78. The number of hydrogen-bond acceptors (Lipinski definition) is 3. The number of hydrogen-bond donors (Lipinski definition) is 1. The van der Waals surface area contributed by atoms with Crippen molar-refractivity contribution in [1.82, 2.24) is 9.97 Å². The van der Waals surface area contributed by atoms with Crippen LogP contribution in [-0.4, -0.2) is 22.6 Å². The minimum atomic E-state index is -0.0552. The Balaban J connectivity index is 3.03. The second-order valence-electron chi connectivity index (χ2n) is 4.17. The van der Waals surface area contributed by atoms with Crippen molar-refractivity contribution in [1.29, 1.82) is 0 Å². The Morgan fingerprint density at radius 1 is 1.53 bits per heavy atom. The molecule has 1 aromatic heterocycles. The van der Waals surface area contributed by atoms with E-state index in [0.717, 1.165) is 31.6 Å². The van der Waals surface area contributed by atoms with Crippen molar-refractivity contribution in [2.75, 3.05) is 11.4 Å². The quantitative estimate of drug-likeness (QED) is 0.804. The fourth-order valence-corrected chi connectivity index (χ4v) is 2.26. The van der Waals surface area contributed by atoms with Crippen LogP contribution in [0.25, 0.3) is 0 Å². The molecule has 17 heavy (non-hydrogen) atoms. The number of nitrogens with one attached hydrogen (secondary N) is 1. The highest BCUT2D eigenvalue weighted by Crippen LogP contribution is 2.20. The molecule has 0 aliphatic rings. The zero-order chi connectivity index (χ0) is 12.8. The molecule has 1 N–H and O–H groups in total. The Labute approximate surface area is 116 Å². The summed E-state index contributed by atoms with van der Waals surface area (Å²) in [5.74, 6) is 0.817. The zero-order valence-corrected chi connectivity index (χ0v) is 12.8. The Hall–Kier alpha value is -0.590. The maximum Gasteiger partial charge on any atom is 0.266 e. The molecular formula is C12H20IN3O. The predicted molar refractivity (Wildman–Crippen MR) is 79.6 cm³/mol. The summed E-state index contributed by atoms with van der Waals surface area (Å²) in [5, 5.41) is 0. The van der Waals surface area contributed by atoms with Crippen molar-refractivity contribution < 1.29 is 0 Å². The van der Waals surface area contributed by atoms with Gasteiger partial charge in [0.2, 0.25) is 0 Å². The minimum absolute atomic E-state index is 0.0552. The van der Waals surface area contributed by atoms with Crippen LogP contribution >= 0.6 is 22.6 Å². The third-order valence-corrected chi connectivity index (χ3v) is 3.90. The maximum atomic E-state index is 11.6. The number of aromatic amines is 1. The molecule has 96 valence electrons. The molecule has 1 aromatic rings.